The molecular weight excluding hydrogens is 356 g/mol. The third-order valence-electron chi connectivity index (χ3n) is 5.47. The maximum atomic E-state index is 13.0. The minimum Gasteiger partial charge on any atom is -0.303 e. The van der Waals surface area contributed by atoms with Crippen molar-refractivity contribution in [3.63, 3.8) is 0 Å². The molecule has 4 rings (SSSR count). The molecule has 7 heteroatoms. The molecule has 144 valence electrons. The first kappa shape index (κ1) is 18.2. The number of hydrogen-bond donors (Lipinski definition) is 1. The summed E-state index contributed by atoms with van der Waals surface area (Å²) < 4.78 is 1.97. The average molecular weight is 378 g/mol. The van der Waals surface area contributed by atoms with Gasteiger partial charge in [-0.05, 0) is 56.5 Å². The number of rotatable bonds is 3. The number of carbonyl (C=O) groups excluding carboxylic acids is 3. The molecule has 4 amide bonds. The van der Waals surface area contributed by atoms with Crippen molar-refractivity contribution in [2.45, 2.75) is 45.6 Å². The summed E-state index contributed by atoms with van der Waals surface area (Å²) in [5.74, 6) is -0.389. The van der Waals surface area contributed by atoms with Gasteiger partial charge in [0, 0.05) is 23.6 Å². The van der Waals surface area contributed by atoms with Crippen molar-refractivity contribution in [2.24, 2.45) is 0 Å². The van der Waals surface area contributed by atoms with E-state index in [9.17, 15) is 14.4 Å². The summed E-state index contributed by atoms with van der Waals surface area (Å²) in [6, 6.07) is 6.81. The second-order valence-corrected chi connectivity index (χ2v) is 7.28. The van der Waals surface area contributed by atoms with Crippen molar-refractivity contribution >= 4 is 23.9 Å². The molecule has 28 heavy (non-hydrogen) atoms. The summed E-state index contributed by atoms with van der Waals surface area (Å²) in [4.78, 5) is 43.2. The summed E-state index contributed by atoms with van der Waals surface area (Å²) in [7, 11) is 0. The number of aryl methyl sites for hydroxylation is 1. The lowest BCUT2D eigenvalue weighted by atomic mass is 10.1. The molecule has 0 radical (unpaired) electrons. The van der Waals surface area contributed by atoms with Crippen LogP contribution < -0.4 is 5.32 Å². The molecular formula is C21H22N4O3. The number of hydrogen-bond acceptors (Lipinski definition) is 4. The first-order valence-corrected chi connectivity index (χ1v) is 9.48. The molecule has 0 aromatic carbocycles. The highest BCUT2D eigenvalue weighted by atomic mass is 16.2. The van der Waals surface area contributed by atoms with Gasteiger partial charge in [0.25, 0.3) is 11.8 Å². The average Bonchev–Trinajstić information content (AvgIpc) is 3.28. The van der Waals surface area contributed by atoms with Crippen molar-refractivity contribution in [2.75, 3.05) is 0 Å². The van der Waals surface area contributed by atoms with Crippen molar-refractivity contribution in [3.05, 3.63) is 53.0 Å². The van der Waals surface area contributed by atoms with Gasteiger partial charge in [0.2, 0.25) is 0 Å². The number of aromatic nitrogens is 2. The van der Waals surface area contributed by atoms with Crippen molar-refractivity contribution in [3.8, 4) is 5.82 Å². The van der Waals surface area contributed by atoms with Crippen molar-refractivity contribution in [1.29, 1.82) is 0 Å². The summed E-state index contributed by atoms with van der Waals surface area (Å²) in [5, 5.41) is 2.32. The minimum absolute atomic E-state index is 0.00669. The van der Waals surface area contributed by atoms with Crippen LogP contribution in [0.1, 0.15) is 42.6 Å². The smallest absolute Gasteiger partial charge is 0.303 e. The van der Waals surface area contributed by atoms with E-state index in [2.05, 4.69) is 10.3 Å². The van der Waals surface area contributed by atoms with Gasteiger partial charge in [0.1, 0.15) is 11.4 Å². The van der Waals surface area contributed by atoms with Gasteiger partial charge in [-0.25, -0.2) is 9.78 Å². The van der Waals surface area contributed by atoms with Crippen molar-refractivity contribution < 1.29 is 14.4 Å². The zero-order chi connectivity index (χ0) is 19.8. The van der Waals surface area contributed by atoms with Gasteiger partial charge in [-0.3, -0.25) is 19.8 Å². The van der Waals surface area contributed by atoms with E-state index in [4.69, 9.17) is 0 Å². The fraction of sp³-hybridized carbons (Fsp3) is 0.333. The molecule has 0 atom stereocenters. The standard InChI is InChI=1S/C21H22N4O3/c1-13-11-15(14(2)24(13)18-9-5-6-10-22-18)12-17-19(26)23-21(28)25(20(17)27)16-7-3-4-8-16/h5-6,9-12,16H,3-4,7-8H2,1-2H3,(H,23,26,28)/b17-12+. The van der Waals surface area contributed by atoms with Gasteiger partial charge in [-0.1, -0.05) is 18.9 Å². The molecule has 1 aliphatic carbocycles. The van der Waals surface area contributed by atoms with Gasteiger partial charge >= 0.3 is 6.03 Å². The summed E-state index contributed by atoms with van der Waals surface area (Å²) in [6.07, 6.45) is 6.84. The second kappa shape index (κ2) is 7.07. The zero-order valence-electron chi connectivity index (χ0n) is 15.9. The number of nitrogens with one attached hydrogen (secondary N) is 1. The number of nitrogens with zero attached hydrogens (tertiary/aromatic N) is 3. The Morgan fingerprint density at radius 1 is 1.14 bits per heavy atom. The third kappa shape index (κ3) is 3.02. The van der Waals surface area contributed by atoms with E-state index in [1.165, 1.54) is 4.90 Å². The fourth-order valence-corrected chi connectivity index (χ4v) is 4.09. The molecule has 2 aromatic rings. The lowest BCUT2D eigenvalue weighted by Gasteiger charge is -2.31. The number of carbonyl (C=O) groups is 3. The second-order valence-electron chi connectivity index (χ2n) is 7.28. The Kier molecular flexibility index (Phi) is 4.58. The molecule has 3 heterocycles. The molecule has 2 aromatic heterocycles. The van der Waals surface area contributed by atoms with Crippen molar-refractivity contribution in [1.82, 2.24) is 19.8 Å². The molecule has 2 fully saturated rings. The van der Waals surface area contributed by atoms with Gasteiger partial charge in [0.05, 0.1) is 0 Å². The highest BCUT2D eigenvalue weighted by Gasteiger charge is 2.40. The van der Waals surface area contributed by atoms with Crippen LogP contribution in [0, 0.1) is 13.8 Å². The van der Waals surface area contributed by atoms with E-state index in [1.807, 2.05) is 42.7 Å². The number of barbiturate groups is 1. The van der Waals surface area contributed by atoms with Crippen LogP contribution in [-0.4, -0.2) is 38.3 Å². The number of urea groups is 1. The summed E-state index contributed by atoms with van der Waals surface area (Å²) in [6.45, 7) is 3.86. The topological polar surface area (TPSA) is 84.3 Å². The molecule has 2 aliphatic rings. The van der Waals surface area contributed by atoms with Crippen LogP contribution in [0.15, 0.2) is 36.0 Å². The number of imide groups is 2. The van der Waals surface area contributed by atoms with Crippen LogP contribution in [0.25, 0.3) is 11.9 Å². The lowest BCUT2D eigenvalue weighted by molar-refractivity contribution is -0.131. The molecule has 0 unspecified atom stereocenters. The highest BCUT2D eigenvalue weighted by molar-refractivity contribution is 6.31. The molecule has 1 saturated carbocycles. The molecule has 1 aliphatic heterocycles. The van der Waals surface area contributed by atoms with Crippen LogP contribution >= 0.6 is 0 Å². The lowest BCUT2D eigenvalue weighted by Crippen LogP contribution is -2.57. The van der Waals surface area contributed by atoms with Crippen LogP contribution in [0.3, 0.4) is 0 Å². The van der Waals surface area contributed by atoms with E-state index in [0.29, 0.717) is 0 Å². The highest BCUT2D eigenvalue weighted by Crippen LogP contribution is 2.28. The predicted octanol–water partition coefficient (Wildman–Crippen LogP) is 2.89. The van der Waals surface area contributed by atoms with Gasteiger partial charge in [-0.15, -0.1) is 0 Å². The zero-order valence-corrected chi connectivity index (χ0v) is 15.9. The van der Waals surface area contributed by atoms with Crippen LogP contribution in [-0.2, 0) is 9.59 Å². The Morgan fingerprint density at radius 2 is 1.89 bits per heavy atom. The Hall–Kier alpha value is -3.22. The minimum atomic E-state index is -0.646. The Balaban J connectivity index is 1.73. The maximum Gasteiger partial charge on any atom is 0.331 e. The Bertz CT molecular complexity index is 985. The third-order valence-corrected chi connectivity index (χ3v) is 5.47. The normalized spacial score (nSPS) is 19.6. The van der Waals surface area contributed by atoms with E-state index in [-0.39, 0.29) is 11.6 Å². The van der Waals surface area contributed by atoms with E-state index in [1.54, 1.807) is 12.3 Å². The predicted molar refractivity (Wildman–Crippen MR) is 104 cm³/mol. The molecule has 0 spiro atoms. The Morgan fingerprint density at radius 3 is 2.57 bits per heavy atom. The van der Waals surface area contributed by atoms with E-state index >= 15 is 0 Å². The first-order valence-electron chi connectivity index (χ1n) is 9.48. The summed E-state index contributed by atoms with van der Waals surface area (Å²) in [5.41, 5.74) is 2.55. The van der Waals surface area contributed by atoms with Crippen LogP contribution in [0.5, 0.6) is 0 Å². The quantitative estimate of drug-likeness (QED) is 0.657. The van der Waals surface area contributed by atoms with Gasteiger partial charge in [0.15, 0.2) is 0 Å². The molecule has 7 nitrogen and oxygen atoms in total. The SMILES string of the molecule is Cc1cc(/C=C2\C(=O)NC(=O)N(C3CCCC3)C2=O)c(C)n1-c1ccccn1. The number of amides is 4. The van der Waals surface area contributed by atoms with Gasteiger partial charge < -0.3 is 4.57 Å². The van der Waals surface area contributed by atoms with Crippen LogP contribution in [0.2, 0.25) is 0 Å². The van der Waals surface area contributed by atoms with Gasteiger partial charge in [-0.2, -0.15) is 0 Å². The molecule has 1 N–H and O–H groups in total. The monoisotopic (exact) mass is 378 g/mol. The molecule has 0 bridgehead atoms. The molecule has 1 saturated heterocycles. The first-order chi connectivity index (χ1) is 13.5. The fourth-order valence-electron chi connectivity index (χ4n) is 4.09. The van der Waals surface area contributed by atoms with E-state index in [0.717, 1.165) is 48.5 Å². The maximum absolute atomic E-state index is 13.0. The summed E-state index contributed by atoms with van der Waals surface area (Å²) >= 11 is 0. The number of pyridine rings is 1. The Labute approximate surface area is 163 Å². The largest absolute Gasteiger partial charge is 0.331 e. The van der Waals surface area contributed by atoms with Crippen LogP contribution in [0.4, 0.5) is 4.79 Å². The van der Waals surface area contributed by atoms with E-state index < -0.39 is 17.8 Å².